The number of halogens is 1. The number of anilines is 1. The van der Waals surface area contributed by atoms with E-state index in [1.807, 2.05) is 25.1 Å². The Morgan fingerprint density at radius 2 is 2.00 bits per heavy atom. The van der Waals surface area contributed by atoms with Gasteiger partial charge in [0.25, 0.3) is 0 Å². The SMILES string of the molecule is Cc1ccc(NC(=O)NCC2(C(=O)O)CCCC2)c(Br)c1. The number of aliphatic carboxylic acids is 1. The molecule has 6 heteroatoms. The van der Waals surface area contributed by atoms with E-state index in [-0.39, 0.29) is 12.6 Å². The smallest absolute Gasteiger partial charge is 0.319 e. The van der Waals surface area contributed by atoms with Gasteiger partial charge in [-0.15, -0.1) is 0 Å². The van der Waals surface area contributed by atoms with Gasteiger partial charge in [0.2, 0.25) is 0 Å². The Bertz CT molecular complexity index is 554. The van der Waals surface area contributed by atoms with Crippen LogP contribution < -0.4 is 10.6 Å². The van der Waals surface area contributed by atoms with E-state index >= 15 is 0 Å². The third kappa shape index (κ3) is 3.75. The van der Waals surface area contributed by atoms with Crippen molar-refractivity contribution in [3.8, 4) is 0 Å². The van der Waals surface area contributed by atoms with Crippen molar-refractivity contribution in [1.29, 1.82) is 0 Å². The number of urea groups is 1. The molecule has 3 N–H and O–H groups in total. The zero-order valence-corrected chi connectivity index (χ0v) is 13.5. The second-order valence-corrected chi connectivity index (χ2v) is 6.44. The summed E-state index contributed by atoms with van der Waals surface area (Å²) in [5.41, 5.74) is 0.944. The van der Waals surface area contributed by atoms with E-state index in [0.29, 0.717) is 18.5 Å². The van der Waals surface area contributed by atoms with Crippen LogP contribution in [-0.2, 0) is 4.79 Å². The van der Waals surface area contributed by atoms with Crippen LogP contribution in [0.5, 0.6) is 0 Å². The zero-order valence-electron chi connectivity index (χ0n) is 11.9. The highest BCUT2D eigenvalue weighted by atomic mass is 79.9. The Kier molecular flexibility index (Phi) is 4.88. The van der Waals surface area contributed by atoms with Crippen LogP contribution in [0.3, 0.4) is 0 Å². The number of carbonyl (C=O) groups is 2. The van der Waals surface area contributed by atoms with Crippen LogP contribution in [0.25, 0.3) is 0 Å². The van der Waals surface area contributed by atoms with Crippen molar-refractivity contribution in [3.63, 3.8) is 0 Å². The number of carboxylic acid groups (broad SMARTS) is 1. The second kappa shape index (κ2) is 6.47. The third-order valence-corrected chi connectivity index (χ3v) is 4.63. The lowest BCUT2D eigenvalue weighted by Gasteiger charge is -2.24. The highest BCUT2D eigenvalue weighted by Gasteiger charge is 2.41. The molecule has 0 saturated heterocycles. The van der Waals surface area contributed by atoms with Crippen LogP contribution in [0.4, 0.5) is 10.5 Å². The Morgan fingerprint density at radius 3 is 2.57 bits per heavy atom. The largest absolute Gasteiger partial charge is 0.481 e. The van der Waals surface area contributed by atoms with E-state index in [1.54, 1.807) is 0 Å². The minimum absolute atomic E-state index is 0.164. The first-order valence-electron chi connectivity index (χ1n) is 6.97. The molecule has 1 fully saturated rings. The Hall–Kier alpha value is -1.56. The summed E-state index contributed by atoms with van der Waals surface area (Å²) in [5.74, 6) is -0.822. The van der Waals surface area contributed by atoms with Crippen molar-refractivity contribution in [2.75, 3.05) is 11.9 Å². The molecule has 0 aliphatic heterocycles. The molecule has 1 saturated carbocycles. The van der Waals surface area contributed by atoms with Gasteiger partial charge in [0.05, 0.1) is 11.1 Å². The molecule has 1 aliphatic carbocycles. The van der Waals surface area contributed by atoms with Crippen LogP contribution in [0.2, 0.25) is 0 Å². The Morgan fingerprint density at radius 1 is 1.33 bits per heavy atom. The van der Waals surface area contributed by atoms with Gasteiger partial charge in [0.1, 0.15) is 0 Å². The van der Waals surface area contributed by atoms with Crippen molar-refractivity contribution in [3.05, 3.63) is 28.2 Å². The summed E-state index contributed by atoms with van der Waals surface area (Å²) >= 11 is 3.39. The van der Waals surface area contributed by atoms with Crippen molar-refractivity contribution in [2.24, 2.45) is 5.41 Å². The van der Waals surface area contributed by atoms with E-state index in [0.717, 1.165) is 22.9 Å². The lowest BCUT2D eigenvalue weighted by Crippen LogP contribution is -2.42. The second-order valence-electron chi connectivity index (χ2n) is 5.58. The van der Waals surface area contributed by atoms with Gasteiger partial charge in [0, 0.05) is 11.0 Å². The molecule has 21 heavy (non-hydrogen) atoms. The fraction of sp³-hybridized carbons (Fsp3) is 0.467. The maximum absolute atomic E-state index is 11.9. The maximum Gasteiger partial charge on any atom is 0.319 e. The molecule has 0 aromatic heterocycles. The van der Waals surface area contributed by atoms with Crippen LogP contribution in [0.15, 0.2) is 22.7 Å². The molecule has 2 amide bonds. The standard InChI is InChI=1S/C15H19BrN2O3/c1-10-4-5-12(11(16)8-10)18-14(21)17-9-15(13(19)20)6-2-3-7-15/h4-5,8H,2-3,6-7,9H2,1H3,(H,19,20)(H2,17,18,21). The van der Waals surface area contributed by atoms with Gasteiger partial charge in [-0.3, -0.25) is 4.79 Å². The van der Waals surface area contributed by atoms with Gasteiger partial charge in [0.15, 0.2) is 0 Å². The van der Waals surface area contributed by atoms with Crippen LogP contribution in [0.1, 0.15) is 31.2 Å². The van der Waals surface area contributed by atoms with E-state index in [1.165, 1.54) is 0 Å². The molecule has 0 bridgehead atoms. The number of hydrogen-bond acceptors (Lipinski definition) is 2. The highest BCUT2D eigenvalue weighted by Crippen LogP contribution is 2.37. The van der Waals surface area contributed by atoms with Crippen molar-refractivity contribution < 1.29 is 14.7 Å². The summed E-state index contributed by atoms with van der Waals surface area (Å²) in [4.78, 5) is 23.3. The monoisotopic (exact) mass is 354 g/mol. The first-order chi connectivity index (χ1) is 9.93. The molecule has 1 aromatic rings. The van der Waals surface area contributed by atoms with E-state index in [4.69, 9.17) is 0 Å². The summed E-state index contributed by atoms with van der Waals surface area (Å²) in [7, 11) is 0. The average Bonchev–Trinajstić information content (AvgIpc) is 2.90. The topological polar surface area (TPSA) is 78.4 Å². The molecule has 1 aromatic carbocycles. The normalized spacial score (nSPS) is 16.5. The van der Waals surface area contributed by atoms with Gasteiger partial charge < -0.3 is 15.7 Å². The van der Waals surface area contributed by atoms with E-state index < -0.39 is 11.4 Å². The van der Waals surface area contributed by atoms with E-state index in [2.05, 4.69) is 26.6 Å². The number of nitrogens with one attached hydrogen (secondary N) is 2. The number of aryl methyl sites for hydroxylation is 1. The molecular formula is C15H19BrN2O3. The summed E-state index contributed by atoms with van der Waals surface area (Å²) in [6.07, 6.45) is 3.05. The molecule has 0 spiro atoms. The number of carbonyl (C=O) groups excluding carboxylic acids is 1. The summed E-state index contributed by atoms with van der Waals surface area (Å²) in [6.45, 7) is 2.13. The summed E-state index contributed by atoms with van der Waals surface area (Å²) in [6, 6.07) is 5.23. The molecular weight excluding hydrogens is 336 g/mol. The summed E-state index contributed by atoms with van der Waals surface area (Å²) < 4.78 is 0.798. The van der Waals surface area contributed by atoms with Crippen LogP contribution in [0, 0.1) is 12.3 Å². The predicted octanol–water partition coefficient (Wildman–Crippen LogP) is 3.52. The van der Waals surface area contributed by atoms with Crippen molar-refractivity contribution >= 4 is 33.6 Å². The molecule has 0 radical (unpaired) electrons. The lowest BCUT2D eigenvalue weighted by molar-refractivity contribution is -0.148. The fourth-order valence-electron chi connectivity index (χ4n) is 2.66. The van der Waals surface area contributed by atoms with Gasteiger partial charge in [-0.05, 0) is 53.4 Å². The molecule has 0 unspecified atom stereocenters. The number of hydrogen-bond donors (Lipinski definition) is 3. The molecule has 114 valence electrons. The number of benzene rings is 1. The lowest BCUT2D eigenvalue weighted by atomic mass is 9.86. The third-order valence-electron chi connectivity index (χ3n) is 3.97. The van der Waals surface area contributed by atoms with E-state index in [9.17, 15) is 14.7 Å². The molecule has 5 nitrogen and oxygen atoms in total. The number of carboxylic acids is 1. The van der Waals surface area contributed by atoms with Crippen LogP contribution in [-0.4, -0.2) is 23.7 Å². The van der Waals surface area contributed by atoms with Crippen LogP contribution >= 0.6 is 15.9 Å². The molecule has 1 aliphatic rings. The van der Waals surface area contributed by atoms with Crippen molar-refractivity contribution in [2.45, 2.75) is 32.6 Å². The number of amides is 2. The zero-order chi connectivity index (χ0) is 15.5. The predicted molar refractivity (Wildman–Crippen MR) is 84.4 cm³/mol. The summed E-state index contributed by atoms with van der Waals surface area (Å²) in [5, 5.41) is 14.8. The quantitative estimate of drug-likeness (QED) is 0.773. The van der Waals surface area contributed by atoms with Gasteiger partial charge in [-0.2, -0.15) is 0 Å². The maximum atomic E-state index is 11.9. The Labute approximate surface area is 132 Å². The van der Waals surface area contributed by atoms with Gasteiger partial charge in [-0.25, -0.2) is 4.79 Å². The molecule has 0 heterocycles. The first-order valence-corrected chi connectivity index (χ1v) is 7.77. The van der Waals surface area contributed by atoms with Crippen molar-refractivity contribution in [1.82, 2.24) is 5.32 Å². The van der Waals surface area contributed by atoms with Gasteiger partial charge in [-0.1, -0.05) is 18.9 Å². The van der Waals surface area contributed by atoms with Gasteiger partial charge >= 0.3 is 12.0 Å². The minimum Gasteiger partial charge on any atom is -0.481 e. The first kappa shape index (κ1) is 15.8. The average molecular weight is 355 g/mol. The highest BCUT2D eigenvalue weighted by molar-refractivity contribution is 9.10. The number of rotatable bonds is 4. The fourth-order valence-corrected chi connectivity index (χ4v) is 3.25. The minimum atomic E-state index is -0.822. The molecule has 0 atom stereocenters. The Balaban J connectivity index is 1.94. The molecule has 2 rings (SSSR count).